The van der Waals surface area contributed by atoms with Gasteiger partial charge in [0.2, 0.25) is 5.96 Å². The minimum Gasteiger partial charge on any atom is -0.368 e. The molecule has 0 aromatic heterocycles. The van der Waals surface area contributed by atoms with Gasteiger partial charge in [0.1, 0.15) is 5.82 Å². The second-order valence-electron chi connectivity index (χ2n) is 7.41. The van der Waals surface area contributed by atoms with Gasteiger partial charge in [0, 0.05) is 44.0 Å². The first-order valence-corrected chi connectivity index (χ1v) is 9.72. The summed E-state index contributed by atoms with van der Waals surface area (Å²) < 4.78 is 13.1. The number of benzene rings is 2. The van der Waals surface area contributed by atoms with E-state index in [1.54, 1.807) is 0 Å². The SMILES string of the molecule is Cc1ccc(C(=O)N2CCN=C2N2CCN(c3ccc(F)cc3)CC2)c(C)c1. The average molecular weight is 380 g/mol. The van der Waals surface area contributed by atoms with Gasteiger partial charge in [-0.2, -0.15) is 0 Å². The molecule has 0 aliphatic carbocycles. The number of nitrogens with zero attached hydrogens (tertiary/aromatic N) is 4. The molecule has 2 heterocycles. The molecule has 1 saturated heterocycles. The largest absolute Gasteiger partial charge is 0.368 e. The quantitative estimate of drug-likeness (QED) is 0.804. The van der Waals surface area contributed by atoms with Gasteiger partial charge in [-0.15, -0.1) is 0 Å². The van der Waals surface area contributed by atoms with Crippen molar-refractivity contribution in [2.45, 2.75) is 13.8 Å². The van der Waals surface area contributed by atoms with Crippen LogP contribution in [0.2, 0.25) is 0 Å². The molecule has 2 aromatic carbocycles. The summed E-state index contributed by atoms with van der Waals surface area (Å²) in [5.74, 6) is 0.585. The van der Waals surface area contributed by atoms with Crippen molar-refractivity contribution in [3.8, 4) is 0 Å². The average Bonchev–Trinajstić information content (AvgIpc) is 3.18. The second kappa shape index (κ2) is 7.62. The van der Waals surface area contributed by atoms with Gasteiger partial charge in [0.05, 0.1) is 6.54 Å². The Kier molecular flexibility index (Phi) is 5.03. The van der Waals surface area contributed by atoms with E-state index in [4.69, 9.17) is 0 Å². The van der Waals surface area contributed by atoms with Crippen molar-refractivity contribution in [1.29, 1.82) is 0 Å². The zero-order valence-corrected chi connectivity index (χ0v) is 16.4. The van der Waals surface area contributed by atoms with Crippen LogP contribution in [-0.4, -0.2) is 60.9 Å². The van der Waals surface area contributed by atoms with Crippen LogP contribution in [0.3, 0.4) is 0 Å². The van der Waals surface area contributed by atoms with Crippen molar-refractivity contribution < 1.29 is 9.18 Å². The number of halogens is 1. The molecule has 0 spiro atoms. The van der Waals surface area contributed by atoms with Crippen LogP contribution in [-0.2, 0) is 0 Å². The maximum atomic E-state index is 13.1. The van der Waals surface area contributed by atoms with Gasteiger partial charge in [0.25, 0.3) is 5.91 Å². The van der Waals surface area contributed by atoms with Gasteiger partial charge in [-0.05, 0) is 49.7 Å². The maximum Gasteiger partial charge on any atom is 0.260 e. The van der Waals surface area contributed by atoms with Crippen molar-refractivity contribution >= 4 is 17.6 Å². The molecule has 6 heteroatoms. The van der Waals surface area contributed by atoms with Gasteiger partial charge in [-0.3, -0.25) is 14.7 Å². The van der Waals surface area contributed by atoms with Gasteiger partial charge in [-0.1, -0.05) is 17.7 Å². The van der Waals surface area contributed by atoms with E-state index in [2.05, 4.69) is 14.8 Å². The minimum atomic E-state index is -0.219. The molecule has 0 atom stereocenters. The summed E-state index contributed by atoms with van der Waals surface area (Å²) in [7, 11) is 0. The number of amides is 1. The van der Waals surface area contributed by atoms with Gasteiger partial charge in [0.15, 0.2) is 0 Å². The Balaban J connectivity index is 1.44. The molecule has 0 unspecified atom stereocenters. The molecule has 28 heavy (non-hydrogen) atoms. The van der Waals surface area contributed by atoms with Gasteiger partial charge >= 0.3 is 0 Å². The van der Waals surface area contributed by atoms with Crippen LogP contribution < -0.4 is 4.90 Å². The number of hydrogen-bond acceptors (Lipinski definition) is 4. The van der Waals surface area contributed by atoms with Crippen LogP contribution in [0.4, 0.5) is 10.1 Å². The number of carbonyl (C=O) groups excluding carboxylic acids is 1. The lowest BCUT2D eigenvalue weighted by Gasteiger charge is -2.38. The van der Waals surface area contributed by atoms with E-state index < -0.39 is 0 Å². The van der Waals surface area contributed by atoms with E-state index in [1.807, 2.05) is 49.1 Å². The molecule has 2 aromatic rings. The number of aryl methyl sites for hydroxylation is 2. The van der Waals surface area contributed by atoms with Crippen molar-refractivity contribution in [2.24, 2.45) is 4.99 Å². The number of anilines is 1. The fraction of sp³-hybridized carbons (Fsp3) is 0.364. The fourth-order valence-corrected chi connectivity index (χ4v) is 3.91. The predicted molar refractivity (Wildman–Crippen MR) is 109 cm³/mol. The third kappa shape index (κ3) is 3.59. The highest BCUT2D eigenvalue weighted by atomic mass is 19.1. The van der Waals surface area contributed by atoms with Crippen LogP contribution in [0.5, 0.6) is 0 Å². The molecule has 146 valence electrons. The van der Waals surface area contributed by atoms with E-state index in [0.29, 0.717) is 13.1 Å². The molecule has 4 rings (SSSR count). The summed E-state index contributed by atoms with van der Waals surface area (Å²) in [5, 5.41) is 0. The lowest BCUT2D eigenvalue weighted by Crippen LogP contribution is -2.53. The van der Waals surface area contributed by atoms with Crippen molar-refractivity contribution in [2.75, 3.05) is 44.2 Å². The molecule has 5 nitrogen and oxygen atoms in total. The number of carbonyl (C=O) groups is 1. The van der Waals surface area contributed by atoms with Crippen LogP contribution >= 0.6 is 0 Å². The van der Waals surface area contributed by atoms with Gasteiger partial charge < -0.3 is 9.80 Å². The normalized spacial score (nSPS) is 17.1. The molecule has 0 radical (unpaired) electrons. The number of piperazine rings is 1. The van der Waals surface area contributed by atoms with Crippen molar-refractivity contribution in [1.82, 2.24) is 9.80 Å². The number of hydrogen-bond donors (Lipinski definition) is 0. The van der Waals surface area contributed by atoms with E-state index in [9.17, 15) is 9.18 Å². The van der Waals surface area contributed by atoms with Crippen LogP contribution in [0, 0.1) is 19.7 Å². The number of aliphatic imine (C=N–C) groups is 1. The molecule has 1 fully saturated rings. The van der Waals surface area contributed by atoms with Crippen molar-refractivity contribution in [3.63, 3.8) is 0 Å². The molecule has 2 aliphatic rings. The van der Waals surface area contributed by atoms with Crippen LogP contribution in [0.1, 0.15) is 21.5 Å². The van der Waals surface area contributed by atoms with E-state index in [0.717, 1.165) is 54.5 Å². The highest BCUT2D eigenvalue weighted by Crippen LogP contribution is 2.20. The smallest absolute Gasteiger partial charge is 0.260 e. The first-order valence-electron chi connectivity index (χ1n) is 9.72. The summed E-state index contributed by atoms with van der Waals surface area (Å²) >= 11 is 0. The Morgan fingerprint density at radius 3 is 2.29 bits per heavy atom. The van der Waals surface area contributed by atoms with Crippen LogP contribution in [0.25, 0.3) is 0 Å². The van der Waals surface area contributed by atoms with Gasteiger partial charge in [-0.25, -0.2) is 4.39 Å². The highest BCUT2D eigenvalue weighted by Gasteiger charge is 2.31. The molecule has 0 bridgehead atoms. The van der Waals surface area contributed by atoms with Crippen LogP contribution in [0.15, 0.2) is 47.5 Å². The van der Waals surface area contributed by atoms with Crippen molar-refractivity contribution in [3.05, 3.63) is 65.0 Å². The summed E-state index contributed by atoms with van der Waals surface area (Å²) in [4.78, 5) is 24.0. The fourth-order valence-electron chi connectivity index (χ4n) is 3.91. The third-order valence-corrected chi connectivity index (χ3v) is 5.43. The number of rotatable bonds is 2. The summed E-state index contributed by atoms with van der Waals surface area (Å²) in [6, 6.07) is 12.5. The monoisotopic (exact) mass is 380 g/mol. The van der Waals surface area contributed by atoms with E-state index in [1.165, 1.54) is 12.1 Å². The molecular weight excluding hydrogens is 355 g/mol. The Labute approximate surface area is 165 Å². The lowest BCUT2D eigenvalue weighted by atomic mass is 10.0. The molecule has 1 amide bonds. The Hall–Kier alpha value is -2.89. The topological polar surface area (TPSA) is 39.2 Å². The predicted octanol–water partition coefficient (Wildman–Crippen LogP) is 3.08. The first kappa shape index (κ1) is 18.5. The number of guanidine groups is 1. The summed E-state index contributed by atoms with van der Waals surface area (Å²) in [6.45, 7) is 8.48. The summed E-state index contributed by atoms with van der Waals surface area (Å²) in [6.07, 6.45) is 0. The first-order chi connectivity index (χ1) is 13.5. The molecule has 0 N–H and O–H groups in total. The molecule has 2 aliphatic heterocycles. The third-order valence-electron chi connectivity index (χ3n) is 5.43. The lowest BCUT2D eigenvalue weighted by molar-refractivity contribution is 0.0842. The van der Waals surface area contributed by atoms with E-state index in [-0.39, 0.29) is 11.7 Å². The second-order valence-corrected chi connectivity index (χ2v) is 7.41. The Morgan fingerprint density at radius 1 is 0.929 bits per heavy atom. The standard InChI is InChI=1S/C22H25FN4O/c1-16-3-8-20(17(2)15-16)21(28)27-10-9-24-22(27)26-13-11-25(12-14-26)19-6-4-18(23)5-7-19/h3-8,15H,9-14H2,1-2H3. The minimum absolute atomic E-state index is 0.0229. The molecular formula is C22H25FN4O. The highest BCUT2D eigenvalue weighted by molar-refractivity contribution is 6.07. The van der Waals surface area contributed by atoms with E-state index >= 15 is 0 Å². The summed E-state index contributed by atoms with van der Waals surface area (Å²) in [5.41, 5.74) is 3.92. The Bertz CT molecular complexity index is 901. The maximum absolute atomic E-state index is 13.1. The zero-order valence-electron chi connectivity index (χ0n) is 16.4. The Morgan fingerprint density at radius 2 is 1.61 bits per heavy atom. The molecule has 0 saturated carbocycles. The zero-order chi connectivity index (χ0) is 19.7.